The number of anilines is 1. The average molecular weight is 345 g/mol. The van der Waals surface area contributed by atoms with Crippen molar-refractivity contribution in [3.05, 3.63) is 15.1 Å². The van der Waals surface area contributed by atoms with Gasteiger partial charge in [0.25, 0.3) is 0 Å². The van der Waals surface area contributed by atoms with Crippen molar-refractivity contribution in [1.82, 2.24) is 9.97 Å². The van der Waals surface area contributed by atoms with Gasteiger partial charge >= 0.3 is 0 Å². The molecule has 0 aromatic carbocycles. The van der Waals surface area contributed by atoms with Gasteiger partial charge in [0.2, 0.25) is 0 Å². The van der Waals surface area contributed by atoms with Crippen LogP contribution in [0.15, 0.2) is 0 Å². The summed E-state index contributed by atoms with van der Waals surface area (Å²) in [7, 11) is 1.94. The molecule has 0 unspecified atom stereocenters. The van der Waals surface area contributed by atoms with Crippen LogP contribution in [0.3, 0.4) is 0 Å². The van der Waals surface area contributed by atoms with Crippen LogP contribution in [0, 0.1) is 3.57 Å². The van der Waals surface area contributed by atoms with Gasteiger partial charge in [-0.15, -0.1) is 0 Å². The summed E-state index contributed by atoms with van der Waals surface area (Å²) in [6.07, 6.45) is 7.37. The first-order valence-electron chi connectivity index (χ1n) is 6.50. The summed E-state index contributed by atoms with van der Waals surface area (Å²) in [6.45, 7) is 2.20. The van der Waals surface area contributed by atoms with E-state index in [1.807, 2.05) is 7.05 Å². The first kappa shape index (κ1) is 13.1. The number of hydrogen-bond acceptors (Lipinski definition) is 3. The topological polar surface area (TPSA) is 37.8 Å². The van der Waals surface area contributed by atoms with Gasteiger partial charge in [0, 0.05) is 13.0 Å². The Balaban J connectivity index is 2.35. The molecule has 4 heteroatoms. The SMILES string of the molecule is CCCc1nc(C2CCCC2)nc(NC)c1I. The van der Waals surface area contributed by atoms with Crippen molar-refractivity contribution in [3.8, 4) is 0 Å². The molecule has 0 aliphatic heterocycles. The molecule has 0 amide bonds. The Labute approximate surface area is 117 Å². The second-order valence-corrected chi connectivity index (χ2v) is 5.75. The van der Waals surface area contributed by atoms with Crippen LogP contribution in [-0.4, -0.2) is 17.0 Å². The number of nitrogens with one attached hydrogen (secondary N) is 1. The molecule has 0 radical (unpaired) electrons. The van der Waals surface area contributed by atoms with Gasteiger partial charge in [-0.3, -0.25) is 0 Å². The van der Waals surface area contributed by atoms with Crippen molar-refractivity contribution in [2.45, 2.75) is 51.4 Å². The minimum Gasteiger partial charge on any atom is -0.372 e. The first-order chi connectivity index (χ1) is 8.26. The monoisotopic (exact) mass is 345 g/mol. The molecule has 1 aromatic rings. The van der Waals surface area contributed by atoms with E-state index in [1.54, 1.807) is 0 Å². The molecule has 0 atom stereocenters. The molecule has 1 aliphatic carbocycles. The molecular formula is C13H20IN3. The van der Waals surface area contributed by atoms with Crippen LogP contribution in [0.4, 0.5) is 5.82 Å². The highest BCUT2D eigenvalue weighted by Gasteiger charge is 2.22. The highest BCUT2D eigenvalue weighted by molar-refractivity contribution is 14.1. The van der Waals surface area contributed by atoms with Crippen LogP contribution >= 0.6 is 22.6 Å². The highest BCUT2D eigenvalue weighted by atomic mass is 127. The summed E-state index contributed by atoms with van der Waals surface area (Å²) in [5.74, 6) is 2.66. The number of aryl methyl sites for hydroxylation is 1. The van der Waals surface area contributed by atoms with Crippen LogP contribution in [0.25, 0.3) is 0 Å². The molecule has 0 bridgehead atoms. The van der Waals surface area contributed by atoms with E-state index in [4.69, 9.17) is 4.98 Å². The maximum atomic E-state index is 4.79. The lowest BCUT2D eigenvalue weighted by atomic mass is 10.1. The van der Waals surface area contributed by atoms with Crippen molar-refractivity contribution in [2.75, 3.05) is 12.4 Å². The van der Waals surface area contributed by atoms with Crippen molar-refractivity contribution >= 4 is 28.4 Å². The quantitative estimate of drug-likeness (QED) is 0.845. The molecule has 1 fully saturated rings. The summed E-state index contributed by atoms with van der Waals surface area (Å²) in [6, 6.07) is 0. The molecule has 0 spiro atoms. The zero-order valence-corrected chi connectivity index (χ0v) is 12.7. The van der Waals surface area contributed by atoms with Gasteiger partial charge in [-0.2, -0.15) is 0 Å². The largest absolute Gasteiger partial charge is 0.372 e. The first-order valence-corrected chi connectivity index (χ1v) is 7.58. The lowest BCUT2D eigenvalue weighted by molar-refractivity contribution is 0.657. The molecular weight excluding hydrogens is 325 g/mol. The zero-order chi connectivity index (χ0) is 12.3. The van der Waals surface area contributed by atoms with Gasteiger partial charge in [-0.25, -0.2) is 9.97 Å². The molecule has 1 saturated carbocycles. The smallest absolute Gasteiger partial charge is 0.143 e. The fourth-order valence-electron chi connectivity index (χ4n) is 2.45. The Morgan fingerprint density at radius 2 is 2.00 bits per heavy atom. The van der Waals surface area contributed by atoms with Crippen LogP contribution in [0.1, 0.15) is 56.5 Å². The average Bonchev–Trinajstić information content (AvgIpc) is 2.85. The standard InChI is InChI=1S/C13H20IN3/c1-3-6-10-11(14)13(15-2)17-12(16-10)9-7-4-5-8-9/h9H,3-8H2,1-2H3,(H,15,16,17). The third-order valence-electron chi connectivity index (χ3n) is 3.38. The minimum absolute atomic E-state index is 0.592. The Kier molecular flexibility index (Phi) is 4.59. The van der Waals surface area contributed by atoms with Gasteiger partial charge in [0.05, 0.1) is 9.26 Å². The fraction of sp³-hybridized carbons (Fsp3) is 0.692. The summed E-state index contributed by atoms with van der Waals surface area (Å²) in [5.41, 5.74) is 1.22. The molecule has 3 nitrogen and oxygen atoms in total. The van der Waals surface area contributed by atoms with E-state index in [0.29, 0.717) is 5.92 Å². The molecule has 94 valence electrons. The molecule has 1 N–H and O–H groups in total. The predicted molar refractivity (Wildman–Crippen MR) is 79.5 cm³/mol. The fourth-order valence-corrected chi connectivity index (χ4v) is 3.23. The molecule has 1 heterocycles. The number of hydrogen-bond donors (Lipinski definition) is 1. The van der Waals surface area contributed by atoms with Gasteiger partial charge in [0.1, 0.15) is 11.6 Å². The van der Waals surface area contributed by atoms with E-state index in [0.717, 1.165) is 24.5 Å². The number of halogens is 1. The van der Waals surface area contributed by atoms with Crippen LogP contribution in [-0.2, 0) is 6.42 Å². The highest BCUT2D eigenvalue weighted by Crippen LogP contribution is 2.33. The van der Waals surface area contributed by atoms with E-state index in [9.17, 15) is 0 Å². The van der Waals surface area contributed by atoms with Gasteiger partial charge in [-0.1, -0.05) is 26.2 Å². The summed E-state index contributed by atoms with van der Waals surface area (Å²) in [5, 5.41) is 3.20. The lowest BCUT2D eigenvalue weighted by Gasteiger charge is -2.14. The number of rotatable bonds is 4. The van der Waals surface area contributed by atoms with E-state index < -0.39 is 0 Å². The third kappa shape index (κ3) is 2.89. The molecule has 1 aromatic heterocycles. The maximum Gasteiger partial charge on any atom is 0.143 e. The van der Waals surface area contributed by atoms with Crippen molar-refractivity contribution in [3.63, 3.8) is 0 Å². The van der Waals surface area contributed by atoms with E-state index in [2.05, 4.69) is 39.8 Å². The lowest BCUT2D eigenvalue weighted by Crippen LogP contribution is -2.09. The Hall–Kier alpha value is -0.390. The molecule has 0 saturated heterocycles. The van der Waals surface area contributed by atoms with Crippen molar-refractivity contribution in [2.24, 2.45) is 0 Å². The Morgan fingerprint density at radius 1 is 1.29 bits per heavy atom. The molecule has 2 rings (SSSR count). The number of aromatic nitrogens is 2. The summed E-state index contributed by atoms with van der Waals surface area (Å²) >= 11 is 2.36. The summed E-state index contributed by atoms with van der Waals surface area (Å²) in [4.78, 5) is 9.48. The van der Waals surface area contributed by atoms with E-state index in [-0.39, 0.29) is 0 Å². The predicted octanol–water partition coefficient (Wildman–Crippen LogP) is 3.73. The maximum absolute atomic E-state index is 4.79. The zero-order valence-electron chi connectivity index (χ0n) is 10.6. The van der Waals surface area contributed by atoms with Gasteiger partial charge in [-0.05, 0) is 41.9 Å². The normalized spacial score (nSPS) is 16.4. The van der Waals surface area contributed by atoms with Gasteiger partial charge < -0.3 is 5.32 Å². The van der Waals surface area contributed by atoms with Crippen LogP contribution in [0.2, 0.25) is 0 Å². The second-order valence-electron chi connectivity index (χ2n) is 4.67. The molecule has 17 heavy (non-hydrogen) atoms. The molecule has 1 aliphatic rings. The Morgan fingerprint density at radius 3 is 2.59 bits per heavy atom. The Bertz CT molecular complexity index is 386. The number of nitrogens with zero attached hydrogens (tertiary/aromatic N) is 2. The minimum atomic E-state index is 0.592. The summed E-state index contributed by atoms with van der Waals surface area (Å²) < 4.78 is 1.19. The third-order valence-corrected chi connectivity index (χ3v) is 4.51. The van der Waals surface area contributed by atoms with Gasteiger partial charge in [0.15, 0.2) is 0 Å². The van der Waals surface area contributed by atoms with E-state index in [1.165, 1.54) is 34.9 Å². The van der Waals surface area contributed by atoms with E-state index >= 15 is 0 Å². The van der Waals surface area contributed by atoms with Crippen molar-refractivity contribution in [1.29, 1.82) is 0 Å². The van der Waals surface area contributed by atoms with Crippen molar-refractivity contribution < 1.29 is 0 Å². The van der Waals surface area contributed by atoms with Crippen LogP contribution < -0.4 is 5.32 Å². The van der Waals surface area contributed by atoms with Crippen LogP contribution in [0.5, 0.6) is 0 Å². The second kappa shape index (κ2) is 5.98.